The number of hydrogen-bond acceptors (Lipinski definition) is 9. The van der Waals surface area contributed by atoms with Gasteiger partial charge in [0, 0.05) is 42.6 Å². The first-order chi connectivity index (χ1) is 28.7. The summed E-state index contributed by atoms with van der Waals surface area (Å²) in [5.41, 5.74) is 5.51. The van der Waals surface area contributed by atoms with Gasteiger partial charge in [0.15, 0.2) is 0 Å². The highest BCUT2D eigenvalue weighted by Crippen LogP contribution is 2.26. The molecular formula is C43H38BrF2N11O2. The lowest BCUT2D eigenvalue weighted by atomic mass is 10.0. The van der Waals surface area contributed by atoms with E-state index in [2.05, 4.69) is 62.0 Å². The average molecular weight is 859 g/mol. The molecule has 2 amide bonds. The highest BCUT2D eigenvalue weighted by Gasteiger charge is 2.21. The molecule has 0 aliphatic heterocycles. The minimum Gasteiger partial charge on any atom is -0.373 e. The first-order valence-corrected chi connectivity index (χ1v) is 19.5. The Labute approximate surface area is 346 Å². The zero-order valence-corrected chi connectivity index (χ0v) is 33.7. The van der Waals surface area contributed by atoms with Crippen molar-refractivity contribution < 1.29 is 18.4 Å². The van der Waals surface area contributed by atoms with Gasteiger partial charge >= 0.3 is 0 Å². The second kappa shape index (κ2) is 18.1. The van der Waals surface area contributed by atoms with Gasteiger partial charge in [-0.15, -0.1) is 0 Å². The standard InChI is InChI=1S/C22H21FN6O.C21H17BrFN5O/c1-3-19(14-8-9-26-21(10-14)24-2)28-22(30)18-11-25-13-20-17(18)12-27-29(20)16-6-4-15(23)5-7-16;1-2-18(13-7-8-25-20(22)9-13)27-21(29)17-10-24-12-19-16(17)11-26-28(19)15-5-3-14(23)4-6-15/h4-13,19H,3H2,1-2H3,(H,24,26)(H,28,30);3-12,18H,2H2,1H3,(H,27,29)/t19-;18-/m00/s1. The van der Waals surface area contributed by atoms with Crippen LogP contribution in [0.5, 0.6) is 0 Å². The van der Waals surface area contributed by atoms with E-state index in [1.807, 2.05) is 38.1 Å². The molecule has 0 saturated carbocycles. The van der Waals surface area contributed by atoms with Gasteiger partial charge in [-0.05, 0) is 113 Å². The summed E-state index contributed by atoms with van der Waals surface area (Å²) >= 11 is 3.36. The highest BCUT2D eigenvalue weighted by molar-refractivity contribution is 9.10. The molecule has 3 N–H and O–H groups in total. The number of halogens is 3. The molecule has 0 spiro atoms. The van der Waals surface area contributed by atoms with Crippen LogP contribution in [-0.4, -0.2) is 58.4 Å². The SMILES string of the molecule is CC[C@H](NC(=O)c1cncc2c1cnn2-c1ccc(F)cc1)c1ccnc(Br)c1.CC[C@H](NC(=O)c1cncc2c1cnn2-c1ccc(F)cc1)c1ccnc(NC)c1. The number of hydrogen-bond donors (Lipinski definition) is 3. The number of nitrogens with zero attached hydrogens (tertiary/aromatic N) is 8. The lowest BCUT2D eigenvalue weighted by Gasteiger charge is -2.18. The van der Waals surface area contributed by atoms with E-state index in [1.54, 1.807) is 77.9 Å². The summed E-state index contributed by atoms with van der Waals surface area (Å²) in [7, 11) is 1.80. The van der Waals surface area contributed by atoms with Crippen LogP contribution in [0.4, 0.5) is 14.6 Å². The fraction of sp³-hybridized carbons (Fsp3) is 0.163. The minimum atomic E-state index is -0.323. The Bertz CT molecular complexity index is 2740. The van der Waals surface area contributed by atoms with Crippen molar-refractivity contribution in [2.75, 3.05) is 12.4 Å². The lowest BCUT2D eigenvalue weighted by molar-refractivity contribution is 0.0928. The van der Waals surface area contributed by atoms with E-state index in [0.717, 1.165) is 29.8 Å². The van der Waals surface area contributed by atoms with Crippen molar-refractivity contribution in [3.05, 3.63) is 161 Å². The van der Waals surface area contributed by atoms with Crippen LogP contribution in [0.2, 0.25) is 0 Å². The number of rotatable bonds is 11. The van der Waals surface area contributed by atoms with E-state index in [-0.39, 0.29) is 35.5 Å². The number of anilines is 1. The molecule has 6 heterocycles. The molecule has 8 rings (SSSR count). The van der Waals surface area contributed by atoms with Crippen LogP contribution in [0.15, 0.2) is 127 Å². The maximum Gasteiger partial charge on any atom is 0.254 e. The molecule has 0 fully saturated rings. The number of nitrogens with one attached hydrogen (secondary N) is 3. The van der Waals surface area contributed by atoms with E-state index in [1.165, 1.54) is 36.7 Å². The van der Waals surface area contributed by atoms with Gasteiger partial charge in [0.2, 0.25) is 0 Å². The molecule has 8 aromatic rings. The molecule has 13 nitrogen and oxygen atoms in total. The first kappa shape index (κ1) is 40.3. The number of carbonyl (C=O) groups excluding carboxylic acids is 2. The predicted octanol–water partition coefficient (Wildman–Crippen LogP) is 8.48. The van der Waals surface area contributed by atoms with Crippen molar-refractivity contribution in [3.8, 4) is 11.4 Å². The van der Waals surface area contributed by atoms with Crippen molar-refractivity contribution in [2.24, 2.45) is 0 Å². The maximum atomic E-state index is 13.3. The highest BCUT2D eigenvalue weighted by atomic mass is 79.9. The Morgan fingerprint density at radius 3 is 1.54 bits per heavy atom. The monoisotopic (exact) mass is 857 g/mol. The molecule has 2 aromatic carbocycles. The van der Waals surface area contributed by atoms with Crippen molar-refractivity contribution in [2.45, 2.75) is 38.8 Å². The third-order valence-corrected chi connectivity index (χ3v) is 10.1. The van der Waals surface area contributed by atoms with Gasteiger partial charge in [0.25, 0.3) is 11.8 Å². The van der Waals surface area contributed by atoms with E-state index in [4.69, 9.17) is 0 Å². The fourth-order valence-electron chi connectivity index (χ4n) is 6.57. The average Bonchev–Trinajstić information content (AvgIpc) is 3.90. The van der Waals surface area contributed by atoms with Crippen LogP contribution in [0.1, 0.15) is 70.6 Å². The second-order valence-corrected chi connectivity index (χ2v) is 14.1. The van der Waals surface area contributed by atoms with Gasteiger partial charge in [-0.1, -0.05) is 13.8 Å². The zero-order valence-electron chi connectivity index (χ0n) is 32.1. The summed E-state index contributed by atoms with van der Waals surface area (Å²) in [6, 6.07) is 19.2. The van der Waals surface area contributed by atoms with E-state index in [0.29, 0.717) is 48.9 Å². The lowest BCUT2D eigenvalue weighted by Crippen LogP contribution is -2.28. The molecule has 0 unspecified atom stereocenters. The second-order valence-electron chi connectivity index (χ2n) is 13.3. The molecule has 0 saturated heterocycles. The van der Waals surface area contributed by atoms with Crippen molar-refractivity contribution in [1.29, 1.82) is 0 Å². The quantitative estimate of drug-likeness (QED) is 0.109. The minimum absolute atomic E-state index is 0.163. The van der Waals surface area contributed by atoms with Crippen molar-refractivity contribution in [1.82, 2.24) is 50.1 Å². The molecule has 0 aliphatic carbocycles. The predicted molar refractivity (Wildman–Crippen MR) is 224 cm³/mol. The molecule has 298 valence electrons. The largest absolute Gasteiger partial charge is 0.373 e. The molecule has 0 radical (unpaired) electrons. The maximum absolute atomic E-state index is 13.3. The topological polar surface area (TPSA) is 157 Å². The Balaban J connectivity index is 0.000000179. The number of aromatic nitrogens is 8. The Morgan fingerprint density at radius 1 is 0.644 bits per heavy atom. The van der Waals surface area contributed by atoms with Crippen LogP contribution in [0.3, 0.4) is 0 Å². The van der Waals surface area contributed by atoms with Gasteiger partial charge < -0.3 is 16.0 Å². The number of amides is 2. The number of pyridine rings is 4. The zero-order chi connectivity index (χ0) is 41.5. The van der Waals surface area contributed by atoms with Crippen LogP contribution >= 0.6 is 15.9 Å². The Morgan fingerprint density at radius 2 is 1.10 bits per heavy atom. The molecular weight excluding hydrogens is 820 g/mol. The van der Waals surface area contributed by atoms with Crippen molar-refractivity contribution >= 4 is 55.4 Å². The summed E-state index contributed by atoms with van der Waals surface area (Å²) in [5, 5.41) is 19.2. The summed E-state index contributed by atoms with van der Waals surface area (Å²) in [4.78, 5) is 42.9. The third-order valence-electron chi connectivity index (χ3n) is 9.65. The molecule has 0 bridgehead atoms. The third kappa shape index (κ3) is 8.97. The Kier molecular flexibility index (Phi) is 12.4. The first-order valence-electron chi connectivity index (χ1n) is 18.7. The number of benzene rings is 2. The number of carbonyl (C=O) groups is 2. The fourth-order valence-corrected chi connectivity index (χ4v) is 6.95. The molecule has 59 heavy (non-hydrogen) atoms. The van der Waals surface area contributed by atoms with Crippen LogP contribution < -0.4 is 16.0 Å². The summed E-state index contributed by atoms with van der Waals surface area (Å²) in [6.07, 6.45) is 14.4. The Hall–Kier alpha value is -6.94. The van der Waals surface area contributed by atoms with Gasteiger partial charge in [0.05, 0.1) is 70.4 Å². The van der Waals surface area contributed by atoms with E-state index < -0.39 is 0 Å². The van der Waals surface area contributed by atoms with E-state index in [9.17, 15) is 18.4 Å². The van der Waals surface area contributed by atoms with Gasteiger partial charge in [0.1, 0.15) is 22.1 Å². The number of fused-ring (bicyclic) bond motifs is 2. The van der Waals surface area contributed by atoms with Gasteiger partial charge in [-0.2, -0.15) is 10.2 Å². The van der Waals surface area contributed by atoms with Gasteiger partial charge in [-0.25, -0.2) is 28.1 Å². The van der Waals surface area contributed by atoms with Crippen molar-refractivity contribution in [3.63, 3.8) is 0 Å². The summed E-state index contributed by atoms with van der Waals surface area (Å²) < 4.78 is 30.5. The van der Waals surface area contributed by atoms with E-state index >= 15 is 0 Å². The molecule has 0 aliphatic rings. The molecule has 16 heteroatoms. The van der Waals surface area contributed by atoms with Crippen LogP contribution in [0.25, 0.3) is 33.2 Å². The van der Waals surface area contributed by atoms with Gasteiger partial charge in [-0.3, -0.25) is 19.6 Å². The van der Waals surface area contributed by atoms with Crippen LogP contribution in [-0.2, 0) is 0 Å². The smallest absolute Gasteiger partial charge is 0.254 e. The molecule has 6 aromatic heterocycles. The summed E-state index contributed by atoms with van der Waals surface area (Å²) in [6.45, 7) is 4.01. The summed E-state index contributed by atoms with van der Waals surface area (Å²) in [5.74, 6) is -0.374. The van der Waals surface area contributed by atoms with Crippen LogP contribution in [0, 0.1) is 11.6 Å². The molecule has 2 atom stereocenters. The normalized spacial score (nSPS) is 12.0.